The number of carbonyl (C=O) groups excluding carboxylic acids is 2. The summed E-state index contributed by atoms with van der Waals surface area (Å²) in [5, 5.41) is 4.35. The summed E-state index contributed by atoms with van der Waals surface area (Å²) in [5.74, 6) is -1.76. The van der Waals surface area contributed by atoms with Crippen LogP contribution in [0.25, 0.3) is 0 Å². The average Bonchev–Trinajstić information content (AvgIpc) is 2.85. The van der Waals surface area contributed by atoms with Crippen LogP contribution in [0.1, 0.15) is 20.8 Å². The van der Waals surface area contributed by atoms with Gasteiger partial charge in [-0.3, -0.25) is 14.5 Å². The molecule has 2 fully saturated rings. The molecule has 0 spiro atoms. The minimum atomic E-state index is -0.754. The molecule has 2 aliphatic heterocycles. The summed E-state index contributed by atoms with van der Waals surface area (Å²) in [6.45, 7) is 7.16. The van der Waals surface area contributed by atoms with Gasteiger partial charge in [0.1, 0.15) is 11.8 Å². The van der Waals surface area contributed by atoms with Crippen molar-refractivity contribution in [3.8, 4) is 0 Å². The van der Waals surface area contributed by atoms with Crippen LogP contribution in [0.2, 0.25) is 0 Å². The number of anilines is 2. The van der Waals surface area contributed by atoms with Gasteiger partial charge in [0.25, 0.3) is 0 Å². The Kier molecular flexibility index (Phi) is 6.53. The van der Waals surface area contributed by atoms with Gasteiger partial charge >= 0.3 is 6.09 Å². The first-order valence-corrected chi connectivity index (χ1v) is 9.62. The Morgan fingerprint density at radius 3 is 2.55 bits per heavy atom. The third-order valence-electron chi connectivity index (χ3n) is 4.87. The molecule has 0 bridgehead atoms. The molecule has 3 rings (SSSR count). The fourth-order valence-corrected chi connectivity index (χ4v) is 3.40. The van der Waals surface area contributed by atoms with Crippen molar-refractivity contribution in [1.29, 1.82) is 0 Å². The molecular formula is C19H26F2N4O4. The smallest absolute Gasteiger partial charge is 0.414 e. The molecule has 2 aliphatic rings. The standard InChI is InChI=1S/C19H26F2N4O4/c1-12(2)25-5-4-23(6-7-28-25)18-16(20)8-14(9-17(18)21)24-11-15(29-19(24)27)10-22-13(3)26/h8-9,12,15H,4-7,10-11H2,1-3H3,(H,22,26)/t15-/m0/s1. The van der Waals surface area contributed by atoms with Crippen LogP contribution in [-0.2, 0) is 14.4 Å². The van der Waals surface area contributed by atoms with E-state index in [1.165, 1.54) is 6.92 Å². The van der Waals surface area contributed by atoms with Gasteiger partial charge < -0.3 is 15.0 Å². The van der Waals surface area contributed by atoms with Crippen LogP contribution in [0, 0.1) is 11.6 Å². The van der Waals surface area contributed by atoms with E-state index >= 15 is 0 Å². The lowest BCUT2D eigenvalue weighted by molar-refractivity contribution is -0.168. The van der Waals surface area contributed by atoms with Crippen molar-refractivity contribution >= 4 is 23.4 Å². The molecule has 0 unspecified atom stereocenters. The van der Waals surface area contributed by atoms with Crippen LogP contribution >= 0.6 is 0 Å². The Balaban J connectivity index is 1.74. The molecule has 29 heavy (non-hydrogen) atoms. The van der Waals surface area contributed by atoms with Gasteiger partial charge in [-0.25, -0.2) is 13.6 Å². The zero-order valence-electron chi connectivity index (χ0n) is 16.8. The molecule has 2 heterocycles. The van der Waals surface area contributed by atoms with Gasteiger partial charge in [0.2, 0.25) is 5.91 Å². The predicted octanol–water partition coefficient (Wildman–Crippen LogP) is 1.89. The van der Waals surface area contributed by atoms with Gasteiger partial charge in [0.15, 0.2) is 11.6 Å². The van der Waals surface area contributed by atoms with Crippen molar-refractivity contribution in [2.24, 2.45) is 0 Å². The van der Waals surface area contributed by atoms with Gasteiger partial charge in [0, 0.05) is 44.7 Å². The van der Waals surface area contributed by atoms with Crippen molar-refractivity contribution in [1.82, 2.24) is 10.4 Å². The number of nitrogens with zero attached hydrogens (tertiary/aromatic N) is 3. The van der Waals surface area contributed by atoms with Gasteiger partial charge in [0.05, 0.1) is 25.4 Å². The lowest BCUT2D eigenvalue weighted by Crippen LogP contribution is -2.35. The highest BCUT2D eigenvalue weighted by Crippen LogP contribution is 2.31. The number of ether oxygens (including phenoxy) is 1. The first-order chi connectivity index (χ1) is 13.8. The minimum absolute atomic E-state index is 0.0777. The van der Waals surface area contributed by atoms with Crippen molar-refractivity contribution in [2.75, 3.05) is 49.1 Å². The fourth-order valence-electron chi connectivity index (χ4n) is 3.40. The number of amides is 2. The number of hydroxylamine groups is 2. The van der Waals surface area contributed by atoms with Crippen molar-refractivity contribution in [3.05, 3.63) is 23.8 Å². The topological polar surface area (TPSA) is 74.4 Å². The monoisotopic (exact) mass is 412 g/mol. The zero-order chi connectivity index (χ0) is 21.1. The normalized spacial score (nSPS) is 20.8. The highest BCUT2D eigenvalue weighted by molar-refractivity contribution is 5.90. The Labute approximate surface area is 168 Å². The van der Waals surface area contributed by atoms with E-state index in [-0.39, 0.29) is 36.4 Å². The number of nitrogens with one attached hydrogen (secondary N) is 1. The second kappa shape index (κ2) is 8.91. The summed E-state index contributed by atoms with van der Waals surface area (Å²) in [5.41, 5.74) is -0.0562. The second-order valence-corrected chi connectivity index (χ2v) is 7.37. The molecule has 2 saturated heterocycles. The van der Waals surface area contributed by atoms with Crippen LogP contribution in [0.15, 0.2) is 12.1 Å². The van der Waals surface area contributed by atoms with Gasteiger partial charge in [-0.2, -0.15) is 5.06 Å². The number of hydrogen-bond acceptors (Lipinski definition) is 6. The molecule has 1 aromatic rings. The SMILES string of the molecule is CC(=O)NC[C@H]1CN(c2cc(F)c(N3CCON(C(C)C)CC3)c(F)c2)C(=O)O1. The van der Waals surface area contributed by atoms with Crippen LogP contribution in [0.4, 0.5) is 25.0 Å². The number of rotatable bonds is 5. The third-order valence-corrected chi connectivity index (χ3v) is 4.87. The Bertz CT molecular complexity index is 754. The van der Waals surface area contributed by atoms with E-state index in [1.807, 2.05) is 13.8 Å². The van der Waals surface area contributed by atoms with E-state index in [4.69, 9.17) is 9.57 Å². The average molecular weight is 412 g/mol. The zero-order valence-corrected chi connectivity index (χ0v) is 16.8. The first-order valence-electron chi connectivity index (χ1n) is 9.62. The van der Waals surface area contributed by atoms with Crippen LogP contribution in [0.3, 0.4) is 0 Å². The van der Waals surface area contributed by atoms with Crippen LogP contribution < -0.4 is 15.1 Å². The quantitative estimate of drug-likeness (QED) is 0.796. The molecule has 1 atom stereocenters. The van der Waals surface area contributed by atoms with E-state index in [0.717, 1.165) is 17.0 Å². The predicted molar refractivity (Wildman–Crippen MR) is 103 cm³/mol. The molecule has 8 nitrogen and oxygen atoms in total. The lowest BCUT2D eigenvalue weighted by atomic mass is 10.2. The largest absolute Gasteiger partial charge is 0.442 e. The van der Waals surface area contributed by atoms with Crippen molar-refractivity contribution in [2.45, 2.75) is 32.9 Å². The summed E-state index contributed by atoms with van der Waals surface area (Å²) in [7, 11) is 0. The molecule has 0 aromatic heterocycles. The van der Waals surface area contributed by atoms with Crippen LogP contribution in [-0.4, -0.2) is 68.5 Å². The fraction of sp³-hybridized carbons (Fsp3) is 0.579. The highest BCUT2D eigenvalue weighted by atomic mass is 19.1. The van der Waals surface area contributed by atoms with Gasteiger partial charge in [-0.15, -0.1) is 0 Å². The van der Waals surface area contributed by atoms with E-state index < -0.39 is 23.8 Å². The molecule has 2 amide bonds. The Hall–Kier alpha value is -2.46. The first kappa shape index (κ1) is 21.3. The maximum absolute atomic E-state index is 14.8. The number of halogens is 2. The molecule has 160 valence electrons. The minimum Gasteiger partial charge on any atom is -0.442 e. The molecule has 0 radical (unpaired) electrons. The molecule has 1 aromatic carbocycles. The maximum Gasteiger partial charge on any atom is 0.414 e. The maximum atomic E-state index is 14.8. The van der Waals surface area contributed by atoms with Gasteiger partial charge in [-0.1, -0.05) is 0 Å². The number of cyclic esters (lactones) is 1. The van der Waals surface area contributed by atoms with Crippen LogP contribution in [0.5, 0.6) is 0 Å². The summed E-state index contributed by atoms with van der Waals surface area (Å²) in [4.78, 5) is 31.5. The summed E-state index contributed by atoms with van der Waals surface area (Å²) >= 11 is 0. The van der Waals surface area contributed by atoms with Gasteiger partial charge in [-0.05, 0) is 13.8 Å². The molecule has 0 aliphatic carbocycles. The third kappa shape index (κ3) is 4.94. The van der Waals surface area contributed by atoms with E-state index in [9.17, 15) is 18.4 Å². The Morgan fingerprint density at radius 2 is 1.93 bits per heavy atom. The number of carbonyl (C=O) groups is 2. The Morgan fingerprint density at radius 1 is 1.24 bits per heavy atom. The number of benzene rings is 1. The van der Waals surface area contributed by atoms with E-state index in [2.05, 4.69) is 5.32 Å². The van der Waals surface area contributed by atoms with E-state index in [0.29, 0.717) is 26.2 Å². The molecule has 1 N–H and O–H groups in total. The van der Waals surface area contributed by atoms with Crippen molar-refractivity contribution in [3.63, 3.8) is 0 Å². The lowest BCUT2D eigenvalue weighted by Gasteiger charge is -2.25. The summed E-state index contributed by atoms with van der Waals surface area (Å²) < 4.78 is 34.8. The second-order valence-electron chi connectivity index (χ2n) is 7.37. The summed E-state index contributed by atoms with van der Waals surface area (Å²) in [6, 6.07) is 2.43. The molecule has 10 heteroatoms. The molecule has 0 saturated carbocycles. The highest BCUT2D eigenvalue weighted by Gasteiger charge is 2.34. The molecular weight excluding hydrogens is 386 g/mol. The van der Waals surface area contributed by atoms with Crippen molar-refractivity contribution < 1.29 is 27.9 Å². The summed E-state index contributed by atoms with van der Waals surface area (Å²) in [6.07, 6.45) is -1.29. The van der Waals surface area contributed by atoms with E-state index in [1.54, 1.807) is 9.96 Å². The number of hydrogen-bond donors (Lipinski definition) is 1.